The van der Waals surface area contributed by atoms with E-state index in [4.69, 9.17) is 0 Å². The van der Waals surface area contributed by atoms with Crippen molar-refractivity contribution in [3.05, 3.63) is 36.5 Å². The van der Waals surface area contributed by atoms with Crippen LogP contribution in [0.1, 0.15) is 39.5 Å². The number of rotatable bonds is 6. The summed E-state index contributed by atoms with van der Waals surface area (Å²) < 4.78 is 0. The van der Waals surface area contributed by atoms with Gasteiger partial charge >= 0.3 is 0 Å². The average molecular weight is 164 g/mol. The Balaban J connectivity index is 4.07. The van der Waals surface area contributed by atoms with Crippen molar-refractivity contribution in [2.75, 3.05) is 0 Å². The zero-order chi connectivity index (χ0) is 9.40. The fourth-order valence-electron chi connectivity index (χ4n) is 1.18. The van der Waals surface area contributed by atoms with Gasteiger partial charge in [-0.3, -0.25) is 0 Å². The van der Waals surface area contributed by atoms with Crippen LogP contribution in [-0.2, 0) is 0 Å². The van der Waals surface area contributed by atoms with Gasteiger partial charge in [-0.05, 0) is 18.4 Å². The molecule has 0 radical (unpaired) electrons. The predicted octanol–water partition coefficient (Wildman–Crippen LogP) is 4.26. The Morgan fingerprint density at radius 2 is 1.75 bits per heavy atom. The Kier molecular flexibility index (Phi) is 6.45. The molecule has 68 valence electrons. The Morgan fingerprint density at radius 1 is 1.17 bits per heavy atom. The van der Waals surface area contributed by atoms with E-state index in [0.717, 1.165) is 12.8 Å². The normalized spacial score (nSPS) is 11.3. The molecule has 0 saturated heterocycles. The van der Waals surface area contributed by atoms with Crippen molar-refractivity contribution in [1.82, 2.24) is 0 Å². The minimum Gasteiger partial charge on any atom is -0.0988 e. The predicted molar refractivity (Wildman–Crippen MR) is 57.2 cm³/mol. The SMILES string of the molecule is C=C/C(=C\C(=C)CCC)CCC. The first-order valence-electron chi connectivity index (χ1n) is 4.75. The monoisotopic (exact) mass is 164 g/mol. The lowest BCUT2D eigenvalue weighted by Gasteiger charge is -2.01. The first kappa shape index (κ1) is 11.2. The van der Waals surface area contributed by atoms with Crippen LogP contribution < -0.4 is 0 Å². The number of allylic oxidation sites excluding steroid dienone is 4. The average Bonchev–Trinajstić information content (AvgIpc) is 2.04. The van der Waals surface area contributed by atoms with Gasteiger partial charge < -0.3 is 0 Å². The highest BCUT2D eigenvalue weighted by Crippen LogP contribution is 2.12. The summed E-state index contributed by atoms with van der Waals surface area (Å²) in [7, 11) is 0. The fourth-order valence-corrected chi connectivity index (χ4v) is 1.18. The molecule has 0 N–H and O–H groups in total. The van der Waals surface area contributed by atoms with Gasteiger partial charge in [0.25, 0.3) is 0 Å². The lowest BCUT2D eigenvalue weighted by Crippen LogP contribution is -1.81. The minimum absolute atomic E-state index is 1.10. The van der Waals surface area contributed by atoms with Crippen LogP contribution in [0.5, 0.6) is 0 Å². The van der Waals surface area contributed by atoms with Gasteiger partial charge in [-0.2, -0.15) is 0 Å². The molecule has 0 aromatic rings. The summed E-state index contributed by atoms with van der Waals surface area (Å²) in [5, 5.41) is 0. The molecule has 0 aliphatic rings. The molecular formula is C12H20. The topological polar surface area (TPSA) is 0 Å². The standard InChI is InChI=1S/C12H20/c1-5-8-11(4)10-12(7-3)9-6-2/h7,10H,3-6,8-9H2,1-2H3/b12-10+. The fraction of sp³-hybridized carbons (Fsp3) is 0.500. The summed E-state index contributed by atoms with van der Waals surface area (Å²) in [6.45, 7) is 12.1. The Labute approximate surface area is 76.7 Å². The van der Waals surface area contributed by atoms with E-state index >= 15 is 0 Å². The summed E-state index contributed by atoms with van der Waals surface area (Å²) in [6, 6.07) is 0. The van der Waals surface area contributed by atoms with Crippen LogP contribution in [0.25, 0.3) is 0 Å². The summed E-state index contributed by atoms with van der Waals surface area (Å²) >= 11 is 0. The van der Waals surface area contributed by atoms with Crippen LogP contribution in [0.4, 0.5) is 0 Å². The molecule has 0 heterocycles. The second kappa shape index (κ2) is 6.90. The van der Waals surface area contributed by atoms with E-state index in [1.165, 1.54) is 24.0 Å². The molecule has 0 heteroatoms. The van der Waals surface area contributed by atoms with Gasteiger partial charge in [-0.25, -0.2) is 0 Å². The molecule has 12 heavy (non-hydrogen) atoms. The third kappa shape index (κ3) is 4.95. The van der Waals surface area contributed by atoms with Crippen LogP contribution in [-0.4, -0.2) is 0 Å². The zero-order valence-corrected chi connectivity index (χ0v) is 8.40. The van der Waals surface area contributed by atoms with Crippen LogP contribution in [0.3, 0.4) is 0 Å². The molecule has 0 bridgehead atoms. The van der Waals surface area contributed by atoms with Crippen LogP contribution in [0.15, 0.2) is 36.5 Å². The van der Waals surface area contributed by atoms with E-state index in [-0.39, 0.29) is 0 Å². The molecule has 0 unspecified atom stereocenters. The van der Waals surface area contributed by atoms with Crippen LogP contribution in [0, 0.1) is 0 Å². The van der Waals surface area contributed by atoms with Crippen molar-refractivity contribution in [2.45, 2.75) is 39.5 Å². The maximum absolute atomic E-state index is 3.99. The molecule has 0 amide bonds. The first-order chi connectivity index (χ1) is 5.74. The number of hydrogen-bond acceptors (Lipinski definition) is 0. The van der Waals surface area contributed by atoms with Crippen LogP contribution in [0.2, 0.25) is 0 Å². The van der Waals surface area contributed by atoms with Crippen molar-refractivity contribution < 1.29 is 0 Å². The van der Waals surface area contributed by atoms with Gasteiger partial charge in [-0.15, -0.1) is 0 Å². The highest BCUT2D eigenvalue weighted by atomic mass is 14.0. The van der Waals surface area contributed by atoms with Gasteiger partial charge in [0.05, 0.1) is 0 Å². The maximum atomic E-state index is 3.99. The Hall–Kier alpha value is -0.780. The summed E-state index contributed by atoms with van der Waals surface area (Å²) in [5.74, 6) is 0. The molecule has 0 spiro atoms. The van der Waals surface area contributed by atoms with Gasteiger partial charge in [0.15, 0.2) is 0 Å². The van der Waals surface area contributed by atoms with Crippen molar-refractivity contribution in [3.63, 3.8) is 0 Å². The Morgan fingerprint density at radius 3 is 2.17 bits per heavy atom. The molecule has 0 atom stereocenters. The van der Waals surface area contributed by atoms with Gasteiger partial charge in [0.1, 0.15) is 0 Å². The molecule has 0 fully saturated rings. The zero-order valence-electron chi connectivity index (χ0n) is 8.40. The van der Waals surface area contributed by atoms with Crippen LogP contribution >= 0.6 is 0 Å². The van der Waals surface area contributed by atoms with E-state index in [0.29, 0.717) is 0 Å². The Bertz CT molecular complexity index is 172. The quantitative estimate of drug-likeness (QED) is 0.515. The van der Waals surface area contributed by atoms with Gasteiger partial charge in [0.2, 0.25) is 0 Å². The lowest BCUT2D eigenvalue weighted by atomic mass is 10.1. The largest absolute Gasteiger partial charge is 0.0988 e. The summed E-state index contributed by atoms with van der Waals surface area (Å²) in [5.41, 5.74) is 2.54. The molecule has 0 nitrogen and oxygen atoms in total. The van der Waals surface area contributed by atoms with Crippen molar-refractivity contribution in [3.8, 4) is 0 Å². The maximum Gasteiger partial charge on any atom is -0.0282 e. The molecular weight excluding hydrogens is 144 g/mol. The van der Waals surface area contributed by atoms with Crippen molar-refractivity contribution >= 4 is 0 Å². The van der Waals surface area contributed by atoms with Gasteiger partial charge in [-0.1, -0.05) is 57.6 Å². The summed E-state index contributed by atoms with van der Waals surface area (Å²) in [6.07, 6.45) is 8.67. The first-order valence-corrected chi connectivity index (χ1v) is 4.75. The van der Waals surface area contributed by atoms with E-state index in [1.807, 2.05) is 6.08 Å². The second-order valence-electron chi connectivity index (χ2n) is 3.08. The number of hydrogen-bond donors (Lipinski definition) is 0. The third-order valence-electron chi connectivity index (χ3n) is 1.76. The highest BCUT2D eigenvalue weighted by molar-refractivity contribution is 5.27. The van der Waals surface area contributed by atoms with Crippen molar-refractivity contribution in [1.29, 1.82) is 0 Å². The highest BCUT2D eigenvalue weighted by Gasteiger charge is 1.91. The van der Waals surface area contributed by atoms with E-state index in [1.54, 1.807) is 0 Å². The second-order valence-corrected chi connectivity index (χ2v) is 3.08. The van der Waals surface area contributed by atoms with Gasteiger partial charge in [0, 0.05) is 0 Å². The summed E-state index contributed by atoms with van der Waals surface area (Å²) in [4.78, 5) is 0. The minimum atomic E-state index is 1.10. The lowest BCUT2D eigenvalue weighted by molar-refractivity contribution is 0.905. The van der Waals surface area contributed by atoms with E-state index in [9.17, 15) is 0 Å². The van der Waals surface area contributed by atoms with E-state index < -0.39 is 0 Å². The smallest absolute Gasteiger partial charge is 0.0282 e. The molecule has 0 rings (SSSR count). The molecule has 0 aliphatic carbocycles. The third-order valence-corrected chi connectivity index (χ3v) is 1.76. The molecule has 0 aromatic heterocycles. The molecule has 0 aliphatic heterocycles. The molecule has 0 aromatic carbocycles. The van der Waals surface area contributed by atoms with Crippen molar-refractivity contribution in [2.24, 2.45) is 0 Å². The van der Waals surface area contributed by atoms with E-state index in [2.05, 4.69) is 33.1 Å². The molecule has 0 saturated carbocycles.